The van der Waals surface area contributed by atoms with Gasteiger partial charge in [0.25, 0.3) is 0 Å². The fourth-order valence-corrected chi connectivity index (χ4v) is 3.27. The molecule has 0 spiro atoms. The van der Waals surface area contributed by atoms with Crippen LogP contribution in [0.1, 0.15) is 34.6 Å². The normalized spacial score (nSPS) is 13.6. The van der Waals surface area contributed by atoms with Crippen LogP contribution >= 0.6 is 0 Å². The van der Waals surface area contributed by atoms with Crippen LogP contribution in [-0.4, -0.2) is 47.1 Å². The quantitative estimate of drug-likeness (QED) is 0.333. The molecule has 0 bridgehead atoms. The molecular weight excluding hydrogens is 424 g/mol. The number of rotatable bonds is 5. The van der Waals surface area contributed by atoms with Gasteiger partial charge in [-0.05, 0) is 46.8 Å². The van der Waals surface area contributed by atoms with E-state index in [0.717, 1.165) is 0 Å². The van der Waals surface area contributed by atoms with E-state index in [0.29, 0.717) is 10.7 Å². The number of hydrogen-bond donors (Lipinski definition) is 4. The number of aromatic amines is 2. The summed E-state index contributed by atoms with van der Waals surface area (Å²) in [4.78, 5) is 47.4. The van der Waals surface area contributed by atoms with Crippen LogP contribution in [-0.2, 0) is 4.74 Å². The number of nitrogens with zero attached hydrogens (tertiary/aromatic N) is 2. The van der Waals surface area contributed by atoms with Gasteiger partial charge in [-0.25, -0.2) is 4.79 Å². The van der Waals surface area contributed by atoms with Crippen LogP contribution in [0.5, 0.6) is 0 Å². The number of nitrogens with one attached hydrogen (secondary N) is 3. The van der Waals surface area contributed by atoms with E-state index in [2.05, 4.69) is 25.5 Å². The summed E-state index contributed by atoms with van der Waals surface area (Å²) in [5, 5.41) is 9.77. The highest BCUT2D eigenvalue weighted by Crippen LogP contribution is 2.07. The molecule has 5 N–H and O–H groups in total. The summed E-state index contributed by atoms with van der Waals surface area (Å²) in [5.74, 6) is 0. The molecule has 0 atom stereocenters. The van der Waals surface area contributed by atoms with Gasteiger partial charge in [0, 0.05) is 24.5 Å². The number of fused-ring (bicyclic) bond motifs is 2. The maximum atomic E-state index is 13.3. The van der Waals surface area contributed by atoms with Gasteiger partial charge >= 0.3 is 6.09 Å². The zero-order chi connectivity index (χ0) is 24.4. The maximum Gasteiger partial charge on any atom is 0.407 e. The summed E-state index contributed by atoms with van der Waals surface area (Å²) < 4.78 is 5.20. The van der Waals surface area contributed by atoms with Crippen molar-refractivity contribution in [3.05, 3.63) is 55.7 Å². The van der Waals surface area contributed by atoms with Gasteiger partial charge in [-0.3, -0.25) is 19.6 Å². The number of aromatic nitrogens is 2. The number of ether oxygens (including phenoxy) is 1. The van der Waals surface area contributed by atoms with E-state index < -0.39 is 17.2 Å². The Morgan fingerprint density at radius 3 is 1.97 bits per heavy atom. The van der Waals surface area contributed by atoms with Gasteiger partial charge in [-0.2, -0.15) is 0 Å². The predicted molar refractivity (Wildman–Crippen MR) is 127 cm³/mol. The second kappa shape index (κ2) is 9.14. The van der Waals surface area contributed by atoms with Crippen LogP contribution in [0.4, 0.5) is 4.79 Å². The zero-order valence-corrected chi connectivity index (χ0v) is 19.5. The lowest BCUT2D eigenvalue weighted by atomic mass is 10.0. The summed E-state index contributed by atoms with van der Waals surface area (Å²) in [7, 11) is 0. The number of H-pyrrole nitrogens is 2. The standard InChI is InChI=1S/C23H30N6O4/c1-22(2,3)33-21(32)26-9-8-25-15-6-7-16(27-12-23(4,5)24)18-17(15)19(30)13-10-28-29-11-14(13)20(18)31/h6-7,10-11,28-29H,8-9,12,24H2,1-5H3,(H,26,32). The highest BCUT2D eigenvalue weighted by Gasteiger charge is 2.16. The van der Waals surface area contributed by atoms with Crippen molar-refractivity contribution in [2.24, 2.45) is 15.7 Å². The monoisotopic (exact) mass is 454 g/mol. The number of hydrogen-bond acceptors (Lipinski definition) is 7. The molecule has 33 heavy (non-hydrogen) atoms. The molecule has 0 unspecified atom stereocenters. The first-order valence-corrected chi connectivity index (χ1v) is 10.7. The molecule has 0 radical (unpaired) electrons. The molecule has 3 aromatic rings. The van der Waals surface area contributed by atoms with Crippen LogP contribution in [0.15, 0.2) is 44.1 Å². The van der Waals surface area contributed by atoms with E-state index in [1.54, 1.807) is 32.9 Å². The van der Waals surface area contributed by atoms with E-state index in [1.807, 2.05) is 13.8 Å². The third-order valence-corrected chi connectivity index (χ3v) is 4.63. The van der Waals surface area contributed by atoms with Crippen molar-refractivity contribution in [1.29, 1.82) is 0 Å². The largest absolute Gasteiger partial charge is 0.444 e. The highest BCUT2D eigenvalue weighted by molar-refractivity contribution is 5.96. The average Bonchev–Trinajstić information content (AvgIpc) is 2.71. The van der Waals surface area contributed by atoms with Crippen LogP contribution in [0.25, 0.3) is 21.5 Å². The van der Waals surface area contributed by atoms with Crippen LogP contribution in [0.2, 0.25) is 0 Å². The summed E-state index contributed by atoms with van der Waals surface area (Å²) in [6, 6.07) is 3.32. The topological polar surface area (TPSA) is 155 Å². The molecule has 0 aliphatic heterocycles. The lowest BCUT2D eigenvalue weighted by Crippen LogP contribution is -2.36. The fraction of sp³-hybridized carbons (Fsp3) is 0.435. The van der Waals surface area contributed by atoms with Gasteiger partial charge < -0.3 is 26.0 Å². The number of nitrogens with two attached hydrogens (primary N) is 1. The Labute approximate surface area is 189 Å². The Morgan fingerprint density at radius 2 is 1.48 bits per heavy atom. The molecule has 1 heterocycles. The van der Waals surface area contributed by atoms with E-state index in [9.17, 15) is 14.4 Å². The van der Waals surface area contributed by atoms with E-state index >= 15 is 0 Å². The number of benzene rings is 2. The molecule has 10 nitrogen and oxygen atoms in total. The molecule has 10 heteroatoms. The first kappa shape index (κ1) is 24.1. The molecule has 1 aromatic heterocycles. The number of carbonyl (C=O) groups excluding carboxylic acids is 1. The highest BCUT2D eigenvalue weighted by atomic mass is 16.6. The van der Waals surface area contributed by atoms with Crippen molar-refractivity contribution in [3.8, 4) is 0 Å². The molecule has 0 aliphatic carbocycles. The smallest absolute Gasteiger partial charge is 0.407 e. The van der Waals surface area contributed by atoms with Crippen LogP contribution in [0.3, 0.4) is 0 Å². The van der Waals surface area contributed by atoms with E-state index in [4.69, 9.17) is 10.5 Å². The molecule has 176 valence electrons. The fourth-order valence-electron chi connectivity index (χ4n) is 3.27. The summed E-state index contributed by atoms with van der Waals surface area (Å²) in [6.07, 6.45) is 2.37. The van der Waals surface area contributed by atoms with Crippen LogP contribution < -0.4 is 32.6 Å². The van der Waals surface area contributed by atoms with Crippen molar-refractivity contribution >= 4 is 27.6 Å². The number of alkyl carbamates (subject to hydrolysis) is 1. The lowest BCUT2D eigenvalue weighted by molar-refractivity contribution is 0.0529. The SMILES string of the molecule is CC(C)(N)CN=c1ccc(=NCCNC(=O)OC(C)(C)C)c2c(=O)c3c[nH][nH]cc3c(=O)c12. The molecule has 2 aromatic carbocycles. The van der Waals surface area contributed by atoms with E-state index in [-0.39, 0.29) is 52.0 Å². The molecule has 0 saturated heterocycles. The Hall–Kier alpha value is -3.53. The Balaban J connectivity index is 2.12. The minimum Gasteiger partial charge on any atom is -0.444 e. The first-order valence-electron chi connectivity index (χ1n) is 10.7. The van der Waals surface area contributed by atoms with Gasteiger partial charge in [0.05, 0.1) is 45.3 Å². The van der Waals surface area contributed by atoms with Crippen molar-refractivity contribution in [1.82, 2.24) is 15.5 Å². The molecule has 3 rings (SSSR count). The Morgan fingerprint density at radius 1 is 0.970 bits per heavy atom. The van der Waals surface area contributed by atoms with Gasteiger partial charge in [-0.1, -0.05) is 0 Å². The summed E-state index contributed by atoms with van der Waals surface area (Å²) >= 11 is 0. The molecular formula is C23H30N6O4. The summed E-state index contributed by atoms with van der Waals surface area (Å²) in [6.45, 7) is 9.67. The van der Waals surface area contributed by atoms with E-state index in [1.165, 1.54) is 12.4 Å². The van der Waals surface area contributed by atoms with Gasteiger partial charge in [-0.15, -0.1) is 0 Å². The average molecular weight is 455 g/mol. The maximum absolute atomic E-state index is 13.3. The third kappa shape index (κ3) is 5.83. The first-order chi connectivity index (χ1) is 15.4. The van der Waals surface area contributed by atoms with Gasteiger partial charge in [0.2, 0.25) is 0 Å². The van der Waals surface area contributed by atoms with Crippen LogP contribution in [0, 0.1) is 0 Å². The van der Waals surface area contributed by atoms with Crippen molar-refractivity contribution in [2.45, 2.75) is 45.8 Å². The minimum absolute atomic E-state index is 0.195. The molecule has 1 amide bonds. The summed E-state index contributed by atoms with van der Waals surface area (Å²) in [5.41, 5.74) is 4.23. The molecule has 0 aliphatic rings. The number of carbonyl (C=O) groups is 1. The van der Waals surface area contributed by atoms with Crippen molar-refractivity contribution in [2.75, 3.05) is 19.6 Å². The second-order valence-electron chi connectivity index (χ2n) is 9.53. The number of amides is 1. The predicted octanol–water partition coefficient (Wildman–Crippen LogP) is 0.871. The minimum atomic E-state index is -0.605. The lowest BCUT2D eigenvalue weighted by Gasteiger charge is -2.19. The zero-order valence-electron chi connectivity index (χ0n) is 19.5. The van der Waals surface area contributed by atoms with Crippen molar-refractivity contribution < 1.29 is 9.53 Å². The second-order valence-corrected chi connectivity index (χ2v) is 9.53. The Kier molecular flexibility index (Phi) is 6.68. The van der Waals surface area contributed by atoms with Crippen molar-refractivity contribution in [3.63, 3.8) is 0 Å². The van der Waals surface area contributed by atoms with Gasteiger partial charge in [0.15, 0.2) is 10.9 Å². The molecule has 0 fully saturated rings. The molecule has 0 saturated carbocycles. The third-order valence-electron chi connectivity index (χ3n) is 4.63. The Bertz CT molecular complexity index is 1420. The van der Waals surface area contributed by atoms with Gasteiger partial charge in [0.1, 0.15) is 5.60 Å².